The third-order valence-electron chi connectivity index (χ3n) is 4.98. The van der Waals surface area contributed by atoms with E-state index in [1.54, 1.807) is 0 Å². The molecule has 1 aliphatic heterocycles. The largest absolute Gasteiger partial charge is 0.353 e. The topological polar surface area (TPSA) is 16.1 Å². The van der Waals surface area contributed by atoms with Crippen molar-refractivity contribution in [3.63, 3.8) is 0 Å². The molecule has 3 heteroatoms. The van der Waals surface area contributed by atoms with Crippen LogP contribution >= 0.6 is 11.6 Å². The standard InChI is InChI=1S/C17H25ClN2/c1-2-15-10-13(12-18)11-17(19-15)20-9-5-8-16(20)14-6-3-4-7-14/h10-11,14,16H,2-9,12H2,1H3. The van der Waals surface area contributed by atoms with E-state index in [2.05, 4.69) is 24.0 Å². The summed E-state index contributed by atoms with van der Waals surface area (Å²) in [6.45, 7) is 3.34. The molecule has 2 heterocycles. The van der Waals surface area contributed by atoms with Crippen molar-refractivity contribution >= 4 is 17.4 Å². The van der Waals surface area contributed by atoms with Gasteiger partial charge in [0.1, 0.15) is 5.82 Å². The summed E-state index contributed by atoms with van der Waals surface area (Å²) in [5.41, 5.74) is 2.39. The van der Waals surface area contributed by atoms with Crippen molar-refractivity contribution < 1.29 is 0 Å². The molecule has 1 saturated carbocycles. The Morgan fingerprint density at radius 2 is 2.00 bits per heavy atom. The quantitative estimate of drug-likeness (QED) is 0.757. The van der Waals surface area contributed by atoms with Crippen LogP contribution in [0.25, 0.3) is 0 Å². The van der Waals surface area contributed by atoms with Crippen LogP contribution < -0.4 is 4.90 Å². The minimum absolute atomic E-state index is 0.588. The summed E-state index contributed by atoms with van der Waals surface area (Å²) in [6, 6.07) is 5.08. The van der Waals surface area contributed by atoms with Crippen LogP contribution in [0.4, 0.5) is 5.82 Å². The zero-order chi connectivity index (χ0) is 13.9. The molecule has 0 N–H and O–H groups in total. The van der Waals surface area contributed by atoms with E-state index < -0.39 is 0 Å². The summed E-state index contributed by atoms with van der Waals surface area (Å²) < 4.78 is 0. The average molecular weight is 293 g/mol. The van der Waals surface area contributed by atoms with Gasteiger partial charge in [-0.25, -0.2) is 4.98 Å². The molecule has 20 heavy (non-hydrogen) atoms. The molecule has 1 atom stereocenters. The molecule has 3 rings (SSSR count). The molecule has 1 aromatic heterocycles. The Labute approximate surface area is 127 Å². The molecule has 110 valence electrons. The molecule has 2 aliphatic rings. The molecular formula is C17H25ClN2. The van der Waals surface area contributed by atoms with Crippen molar-refractivity contribution in [3.8, 4) is 0 Å². The first-order valence-electron chi connectivity index (χ1n) is 8.14. The van der Waals surface area contributed by atoms with Crippen molar-refractivity contribution in [1.82, 2.24) is 4.98 Å². The van der Waals surface area contributed by atoms with Gasteiger partial charge in [0.15, 0.2) is 0 Å². The molecule has 0 amide bonds. The summed E-state index contributed by atoms with van der Waals surface area (Å²) in [7, 11) is 0. The second-order valence-corrected chi connectivity index (χ2v) is 6.53. The van der Waals surface area contributed by atoms with E-state index in [1.165, 1.54) is 62.1 Å². The summed E-state index contributed by atoms with van der Waals surface area (Å²) in [6.07, 6.45) is 9.32. The molecule has 0 bridgehead atoms. The van der Waals surface area contributed by atoms with Crippen LogP contribution in [-0.2, 0) is 12.3 Å². The molecule has 1 aromatic rings. The van der Waals surface area contributed by atoms with Crippen LogP contribution in [0.5, 0.6) is 0 Å². The summed E-state index contributed by atoms with van der Waals surface area (Å²) >= 11 is 6.05. The highest BCUT2D eigenvalue weighted by Crippen LogP contribution is 2.37. The van der Waals surface area contributed by atoms with Crippen LogP contribution in [0, 0.1) is 5.92 Å². The van der Waals surface area contributed by atoms with Crippen LogP contribution in [0.2, 0.25) is 0 Å². The number of hydrogen-bond donors (Lipinski definition) is 0. The normalized spacial score (nSPS) is 23.7. The van der Waals surface area contributed by atoms with Crippen LogP contribution in [0.3, 0.4) is 0 Å². The maximum atomic E-state index is 6.05. The molecule has 2 fully saturated rings. The summed E-state index contributed by atoms with van der Waals surface area (Å²) in [4.78, 5) is 7.45. The van der Waals surface area contributed by atoms with E-state index in [-0.39, 0.29) is 0 Å². The van der Waals surface area contributed by atoms with Gasteiger partial charge in [0.2, 0.25) is 0 Å². The SMILES string of the molecule is CCc1cc(CCl)cc(N2CCCC2C2CCCC2)n1. The Kier molecular flexibility index (Phi) is 4.50. The first kappa shape index (κ1) is 14.2. The lowest BCUT2D eigenvalue weighted by Gasteiger charge is -2.31. The van der Waals surface area contributed by atoms with E-state index in [0.29, 0.717) is 5.88 Å². The molecule has 1 unspecified atom stereocenters. The fourth-order valence-electron chi connectivity index (χ4n) is 3.95. The maximum absolute atomic E-state index is 6.05. The van der Waals surface area contributed by atoms with Crippen molar-refractivity contribution in [2.75, 3.05) is 11.4 Å². The van der Waals surface area contributed by atoms with E-state index in [9.17, 15) is 0 Å². The number of nitrogens with zero attached hydrogens (tertiary/aromatic N) is 2. The van der Waals surface area contributed by atoms with Gasteiger partial charge >= 0.3 is 0 Å². The Morgan fingerprint density at radius 1 is 1.20 bits per heavy atom. The molecular weight excluding hydrogens is 268 g/mol. The molecule has 0 aromatic carbocycles. The molecule has 0 spiro atoms. The Hall–Kier alpha value is -0.760. The number of halogens is 1. The first-order valence-corrected chi connectivity index (χ1v) is 8.67. The van der Waals surface area contributed by atoms with Crippen molar-refractivity contribution in [2.24, 2.45) is 5.92 Å². The van der Waals surface area contributed by atoms with Gasteiger partial charge in [0.25, 0.3) is 0 Å². The van der Waals surface area contributed by atoms with Crippen molar-refractivity contribution in [2.45, 2.75) is 63.8 Å². The molecule has 2 nitrogen and oxygen atoms in total. The highest BCUT2D eigenvalue weighted by atomic mass is 35.5. The van der Waals surface area contributed by atoms with E-state index in [0.717, 1.165) is 18.4 Å². The highest BCUT2D eigenvalue weighted by molar-refractivity contribution is 6.17. The Morgan fingerprint density at radius 3 is 2.70 bits per heavy atom. The number of alkyl halides is 1. The number of hydrogen-bond acceptors (Lipinski definition) is 2. The lowest BCUT2D eigenvalue weighted by molar-refractivity contribution is 0.429. The highest BCUT2D eigenvalue weighted by Gasteiger charge is 2.34. The minimum Gasteiger partial charge on any atom is -0.353 e. The number of anilines is 1. The monoisotopic (exact) mass is 292 g/mol. The van der Waals surface area contributed by atoms with E-state index in [1.807, 2.05) is 0 Å². The second-order valence-electron chi connectivity index (χ2n) is 6.26. The zero-order valence-corrected chi connectivity index (χ0v) is 13.2. The average Bonchev–Trinajstić information content (AvgIpc) is 3.16. The predicted octanol–water partition coefficient (Wildman–Crippen LogP) is 4.54. The van der Waals surface area contributed by atoms with Crippen LogP contribution in [-0.4, -0.2) is 17.6 Å². The molecule has 0 radical (unpaired) electrons. The smallest absolute Gasteiger partial charge is 0.129 e. The van der Waals surface area contributed by atoms with Gasteiger partial charge in [-0.15, -0.1) is 11.6 Å². The lowest BCUT2D eigenvalue weighted by Crippen LogP contribution is -2.35. The van der Waals surface area contributed by atoms with E-state index >= 15 is 0 Å². The number of aryl methyl sites for hydroxylation is 1. The van der Waals surface area contributed by atoms with Crippen LogP contribution in [0.15, 0.2) is 12.1 Å². The number of rotatable bonds is 4. The fraction of sp³-hybridized carbons (Fsp3) is 0.706. The van der Waals surface area contributed by atoms with Crippen molar-refractivity contribution in [3.05, 3.63) is 23.4 Å². The Balaban J connectivity index is 1.86. The third kappa shape index (κ3) is 2.81. The zero-order valence-electron chi connectivity index (χ0n) is 12.4. The Bertz CT molecular complexity index is 432. The second kappa shape index (κ2) is 6.34. The predicted molar refractivity (Wildman–Crippen MR) is 85.5 cm³/mol. The number of aromatic nitrogens is 1. The number of pyridine rings is 1. The van der Waals surface area contributed by atoms with Crippen LogP contribution in [0.1, 0.15) is 56.7 Å². The van der Waals surface area contributed by atoms with Gasteiger partial charge in [-0.2, -0.15) is 0 Å². The van der Waals surface area contributed by atoms with Gasteiger partial charge in [-0.3, -0.25) is 0 Å². The summed E-state index contributed by atoms with van der Waals surface area (Å²) in [5, 5.41) is 0. The fourth-order valence-corrected chi connectivity index (χ4v) is 4.10. The third-order valence-corrected chi connectivity index (χ3v) is 5.29. The first-order chi connectivity index (χ1) is 9.81. The van der Waals surface area contributed by atoms with Crippen molar-refractivity contribution in [1.29, 1.82) is 0 Å². The molecule has 1 aliphatic carbocycles. The van der Waals surface area contributed by atoms with Gasteiger partial charge in [0, 0.05) is 24.2 Å². The minimum atomic E-state index is 0.588. The maximum Gasteiger partial charge on any atom is 0.129 e. The summed E-state index contributed by atoms with van der Waals surface area (Å²) in [5.74, 6) is 2.66. The van der Waals surface area contributed by atoms with Gasteiger partial charge in [-0.1, -0.05) is 19.8 Å². The van der Waals surface area contributed by atoms with Gasteiger partial charge in [0.05, 0.1) is 0 Å². The van der Waals surface area contributed by atoms with Gasteiger partial charge in [-0.05, 0) is 55.7 Å². The molecule has 1 saturated heterocycles. The van der Waals surface area contributed by atoms with Gasteiger partial charge < -0.3 is 4.90 Å². The lowest BCUT2D eigenvalue weighted by atomic mass is 9.96. The van der Waals surface area contributed by atoms with E-state index in [4.69, 9.17) is 16.6 Å².